The molecule has 1 aromatic rings. The van der Waals surface area contributed by atoms with E-state index >= 15 is 0 Å². The molecular weight excluding hydrogens is 260 g/mol. The summed E-state index contributed by atoms with van der Waals surface area (Å²) >= 11 is 5.92. The lowest BCUT2D eigenvalue weighted by Crippen LogP contribution is -2.51. The summed E-state index contributed by atoms with van der Waals surface area (Å²) in [6.45, 7) is 0. The number of amides is 1. The highest BCUT2D eigenvalue weighted by Gasteiger charge is 2.28. The van der Waals surface area contributed by atoms with Gasteiger partial charge in [-0.25, -0.2) is 0 Å². The molecule has 2 rings (SSSR count). The number of rotatable bonds is 3. The van der Waals surface area contributed by atoms with Crippen LogP contribution in [0.5, 0.6) is 0 Å². The standard InChI is InChI=1S/C15H21ClN2O/c1-18(2)14-9-4-3-8-13(14)17-15(19)11-6-5-7-12(16)10-11/h5-7,10,13-14H,3-4,8-9H2,1-2H3,(H,17,19). The van der Waals surface area contributed by atoms with E-state index in [-0.39, 0.29) is 11.9 Å². The summed E-state index contributed by atoms with van der Waals surface area (Å²) in [5, 5.41) is 3.75. The van der Waals surface area contributed by atoms with Crippen molar-refractivity contribution >= 4 is 17.5 Å². The zero-order valence-electron chi connectivity index (χ0n) is 11.5. The van der Waals surface area contributed by atoms with Crippen molar-refractivity contribution in [1.82, 2.24) is 10.2 Å². The fourth-order valence-electron chi connectivity index (χ4n) is 2.78. The first-order chi connectivity index (χ1) is 9.08. The van der Waals surface area contributed by atoms with E-state index in [0.29, 0.717) is 16.6 Å². The molecule has 1 fully saturated rings. The number of benzene rings is 1. The van der Waals surface area contributed by atoms with Crippen LogP contribution in [0.4, 0.5) is 0 Å². The number of likely N-dealkylation sites (N-methyl/N-ethyl adjacent to an activating group) is 1. The predicted molar refractivity (Wildman–Crippen MR) is 78.6 cm³/mol. The first-order valence-electron chi connectivity index (χ1n) is 6.81. The lowest BCUT2D eigenvalue weighted by molar-refractivity contribution is 0.0883. The van der Waals surface area contributed by atoms with Gasteiger partial charge in [0.15, 0.2) is 0 Å². The molecule has 3 nitrogen and oxygen atoms in total. The number of carbonyl (C=O) groups excluding carboxylic acids is 1. The largest absolute Gasteiger partial charge is 0.348 e. The molecule has 2 atom stereocenters. The summed E-state index contributed by atoms with van der Waals surface area (Å²) < 4.78 is 0. The van der Waals surface area contributed by atoms with E-state index in [4.69, 9.17) is 11.6 Å². The van der Waals surface area contributed by atoms with E-state index in [1.807, 2.05) is 6.07 Å². The SMILES string of the molecule is CN(C)C1CCCCC1NC(=O)c1cccc(Cl)c1. The van der Waals surface area contributed by atoms with Crippen molar-refractivity contribution in [2.24, 2.45) is 0 Å². The highest BCUT2D eigenvalue weighted by Crippen LogP contribution is 2.22. The average molecular weight is 281 g/mol. The Bertz CT molecular complexity index is 448. The van der Waals surface area contributed by atoms with Crippen LogP contribution in [0.1, 0.15) is 36.0 Å². The molecule has 0 heterocycles. The Labute approximate surface area is 119 Å². The van der Waals surface area contributed by atoms with Crippen LogP contribution in [0.2, 0.25) is 5.02 Å². The molecule has 0 aliphatic heterocycles. The minimum atomic E-state index is -0.0266. The third kappa shape index (κ3) is 3.71. The molecule has 1 amide bonds. The van der Waals surface area contributed by atoms with Crippen LogP contribution in [0, 0.1) is 0 Å². The van der Waals surface area contributed by atoms with Crippen molar-refractivity contribution in [3.05, 3.63) is 34.9 Å². The van der Waals surface area contributed by atoms with Crippen molar-refractivity contribution in [3.63, 3.8) is 0 Å². The monoisotopic (exact) mass is 280 g/mol. The Hall–Kier alpha value is -1.06. The second-order valence-electron chi connectivity index (χ2n) is 5.41. The molecule has 0 spiro atoms. The molecule has 19 heavy (non-hydrogen) atoms. The van der Waals surface area contributed by atoms with E-state index in [0.717, 1.165) is 12.8 Å². The van der Waals surface area contributed by atoms with Gasteiger partial charge in [0.1, 0.15) is 0 Å². The molecular formula is C15H21ClN2O. The van der Waals surface area contributed by atoms with Crippen LogP contribution < -0.4 is 5.32 Å². The molecule has 1 saturated carbocycles. The molecule has 0 bridgehead atoms. The Morgan fingerprint density at radius 3 is 2.74 bits per heavy atom. The number of nitrogens with zero attached hydrogens (tertiary/aromatic N) is 1. The second-order valence-corrected chi connectivity index (χ2v) is 5.84. The van der Waals surface area contributed by atoms with E-state index < -0.39 is 0 Å². The number of hydrogen-bond donors (Lipinski definition) is 1. The molecule has 2 unspecified atom stereocenters. The molecule has 1 aromatic carbocycles. The summed E-state index contributed by atoms with van der Waals surface area (Å²) in [6, 6.07) is 7.76. The van der Waals surface area contributed by atoms with Gasteiger partial charge in [-0.05, 0) is 45.1 Å². The average Bonchev–Trinajstić information content (AvgIpc) is 2.39. The molecule has 0 saturated heterocycles. The van der Waals surface area contributed by atoms with Crippen LogP contribution in [0.15, 0.2) is 24.3 Å². The van der Waals surface area contributed by atoms with Gasteiger partial charge >= 0.3 is 0 Å². The van der Waals surface area contributed by atoms with Crippen LogP contribution in [0.25, 0.3) is 0 Å². The molecule has 0 radical (unpaired) electrons. The van der Waals surface area contributed by atoms with Gasteiger partial charge in [-0.1, -0.05) is 30.5 Å². The van der Waals surface area contributed by atoms with Crippen molar-refractivity contribution in [2.75, 3.05) is 14.1 Å². The van der Waals surface area contributed by atoms with Crippen LogP contribution >= 0.6 is 11.6 Å². The van der Waals surface area contributed by atoms with Gasteiger partial charge in [0.05, 0.1) is 0 Å². The number of hydrogen-bond acceptors (Lipinski definition) is 2. The van der Waals surface area contributed by atoms with Gasteiger partial charge in [0.25, 0.3) is 5.91 Å². The highest BCUT2D eigenvalue weighted by molar-refractivity contribution is 6.30. The van der Waals surface area contributed by atoms with Crippen molar-refractivity contribution in [3.8, 4) is 0 Å². The van der Waals surface area contributed by atoms with E-state index in [9.17, 15) is 4.79 Å². The van der Waals surface area contributed by atoms with Crippen LogP contribution in [-0.2, 0) is 0 Å². The fraction of sp³-hybridized carbons (Fsp3) is 0.533. The second kappa shape index (κ2) is 6.40. The van der Waals surface area contributed by atoms with Gasteiger partial charge in [-0.15, -0.1) is 0 Å². The zero-order valence-corrected chi connectivity index (χ0v) is 12.3. The van der Waals surface area contributed by atoms with E-state index in [1.54, 1.807) is 18.2 Å². The number of carbonyl (C=O) groups is 1. The first-order valence-corrected chi connectivity index (χ1v) is 7.18. The Kier molecular flexibility index (Phi) is 4.83. The van der Waals surface area contributed by atoms with Crippen molar-refractivity contribution in [2.45, 2.75) is 37.8 Å². The summed E-state index contributed by atoms with van der Waals surface area (Å²) in [4.78, 5) is 14.5. The topological polar surface area (TPSA) is 32.3 Å². The van der Waals surface area contributed by atoms with E-state index in [1.165, 1.54) is 12.8 Å². The van der Waals surface area contributed by atoms with Crippen molar-refractivity contribution in [1.29, 1.82) is 0 Å². The third-order valence-corrected chi connectivity index (χ3v) is 4.03. The minimum absolute atomic E-state index is 0.0266. The third-order valence-electron chi connectivity index (χ3n) is 3.80. The maximum Gasteiger partial charge on any atom is 0.251 e. The van der Waals surface area contributed by atoms with Gasteiger partial charge in [-0.3, -0.25) is 4.79 Å². The lowest BCUT2D eigenvalue weighted by Gasteiger charge is -2.36. The molecule has 1 N–H and O–H groups in total. The smallest absolute Gasteiger partial charge is 0.251 e. The first kappa shape index (κ1) is 14.4. The lowest BCUT2D eigenvalue weighted by atomic mass is 9.89. The number of halogens is 1. The summed E-state index contributed by atoms with van der Waals surface area (Å²) in [5.74, 6) is -0.0266. The molecule has 1 aliphatic rings. The molecule has 0 aromatic heterocycles. The normalized spacial score (nSPS) is 23.4. The maximum atomic E-state index is 12.2. The van der Waals surface area contributed by atoms with Gasteiger partial charge in [0.2, 0.25) is 0 Å². The summed E-state index contributed by atoms with van der Waals surface area (Å²) in [6.07, 6.45) is 4.62. The quantitative estimate of drug-likeness (QED) is 0.923. The van der Waals surface area contributed by atoms with Crippen LogP contribution in [-0.4, -0.2) is 37.0 Å². The van der Waals surface area contributed by atoms with E-state index in [2.05, 4.69) is 24.3 Å². The Morgan fingerprint density at radius 1 is 1.32 bits per heavy atom. The summed E-state index contributed by atoms with van der Waals surface area (Å²) in [7, 11) is 4.16. The highest BCUT2D eigenvalue weighted by atomic mass is 35.5. The molecule has 1 aliphatic carbocycles. The zero-order chi connectivity index (χ0) is 13.8. The van der Waals surface area contributed by atoms with Gasteiger partial charge in [-0.2, -0.15) is 0 Å². The van der Waals surface area contributed by atoms with Gasteiger partial charge < -0.3 is 10.2 Å². The number of nitrogens with one attached hydrogen (secondary N) is 1. The minimum Gasteiger partial charge on any atom is -0.348 e. The molecule has 4 heteroatoms. The fourth-order valence-corrected chi connectivity index (χ4v) is 2.97. The molecule has 104 valence electrons. The van der Waals surface area contributed by atoms with Gasteiger partial charge in [0, 0.05) is 22.7 Å². The maximum absolute atomic E-state index is 12.2. The van der Waals surface area contributed by atoms with Crippen LogP contribution in [0.3, 0.4) is 0 Å². The summed E-state index contributed by atoms with van der Waals surface area (Å²) in [5.41, 5.74) is 0.635. The Balaban J connectivity index is 2.04. The Morgan fingerprint density at radius 2 is 2.05 bits per heavy atom. The predicted octanol–water partition coefficient (Wildman–Crippen LogP) is 2.94. The van der Waals surface area contributed by atoms with Crippen molar-refractivity contribution < 1.29 is 4.79 Å².